The van der Waals surface area contributed by atoms with E-state index < -0.39 is 11.8 Å². The van der Waals surface area contributed by atoms with E-state index in [0.29, 0.717) is 10.4 Å². The molecule has 2 rings (SSSR count). The van der Waals surface area contributed by atoms with Crippen LogP contribution in [0.4, 0.5) is 4.39 Å². The lowest BCUT2D eigenvalue weighted by molar-refractivity contribution is -0.136. The highest BCUT2D eigenvalue weighted by Crippen LogP contribution is 2.21. The lowest BCUT2D eigenvalue weighted by atomic mass is 10.4. The molecule has 0 radical (unpaired) electrons. The second-order valence-electron chi connectivity index (χ2n) is 2.96. The number of hydrogen-bond donors (Lipinski definition) is 1. The van der Waals surface area contributed by atoms with Crippen molar-refractivity contribution in [2.45, 2.75) is 6.42 Å². The molecule has 0 aliphatic carbocycles. The van der Waals surface area contributed by atoms with Gasteiger partial charge >= 0.3 is 5.97 Å². The summed E-state index contributed by atoms with van der Waals surface area (Å²) >= 11 is 3.09. The molecule has 4 nitrogen and oxygen atoms in total. The summed E-state index contributed by atoms with van der Waals surface area (Å²) in [6, 6.07) is 2.80. The maximum absolute atomic E-state index is 13.4. The summed E-state index contributed by atoms with van der Waals surface area (Å²) in [6.45, 7) is 0. The first-order valence-electron chi connectivity index (χ1n) is 4.12. The number of nitrogens with zero attached hydrogens (tertiary/aromatic N) is 2. The Bertz CT molecular complexity index is 538. The summed E-state index contributed by atoms with van der Waals surface area (Å²) in [5.41, 5.74) is 0.258. The van der Waals surface area contributed by atoms with Gasteiger partial charge in [-0.3, -0.25) is 9.20 Å². The van der Waals surface area contributed by atoms with Gasteiger partial charge in [0.05, 0.1) is 0 Å². The van der Waals surface area contributed by atoms with Gasteiger partial charge in [-0.25, -0.2) is 9.37 Å². The number of carboxylic acid groups (broad SMARTS) is 1. The van der Waals surface area contributed by atoms with Crippen LogP contribution in [0, 0.1) is 5.82 Å². The van der Waals surface area contributed by atoms with Gasteiger partial charge in [0, 0.05) is 6.20 Å². The number of aromatic nitrogens is 2. The number of aliphatic carboxylic acids is 1. The third-order valence-corrected chi connectivity index (χ3v) is 2.51. The van der Waals surface area contributed by atoms with E-state index in [0.717, 1.165) is 0 Å². The SMILES string of the molecule is O=C(O)Cc1nc(Br)c2c(F)cccn12. The number of halogens is 2. The molecular weight excluding hydrogens is 267 g/mol. The second-order valence-corrected chi connectivity index (χ2v) is 3.72. The zero-order valence-electron chi connectivity index (χ0n) is 7.44. The number of hydrogen-bond acceptors (Lipinski definition) is 2. The van der Waals surface area contributed by atoms with Crippen molar-refractivity contribution < 1.29 is 14.3 Å². The van der Waals surface area contributed by atoms with Gasteiger partial charge in [-0.1, -0.05) is 0 Å². The van der Waals surface area contributed by atoms with E-state index in [1.807, 2.05) is 0 Å². The summed E-state index contributed by atoms with van der Waals surface area (Å²) < 4.78 is 15.1. The van der Waals surface area contributed by atoms with Crippen molar-refractivity contribution in [3.05, 3.63) is 34.6 Å². The molecule has 2 aromatic rings. The van der Waals surface area contributed by atoms with Gasteiger partial charge in [0.25, 0.3) is 0 Å². The highest BCUT2D eigenvalue weighted by Gasteiger charge is 2.14. The van der Waals surface area contributed by atoms with Crippen molar-refractivity contribution in [3.8, 4) is 0 Å². The topological polar surface area (TPSA) is 54.6 Å². The van der Waals surface area contributed by atoms with Gasteiger partial charge in [-0.05, 0) is 28.1 Å². The molecule has 0 spiro atoms. The van der Waals surface area contributed by atoms with E-state index >= 15 is 0 Å². The lowest BCUT2D eigenvalue weighted by Crippen LogP contribution is -2.04. The molecule has 0 atom stereocenters. The van der Waals surface area contributed by atoms with E-state index in [-0.39, 0.29) is 11.9 Å². The minimum Gasteiger partial charge on any atom is -0.481 e. The molecule has 1 N–H and O–H groups in total. The fourth-order valence-corrected chi connectivity index (χ4v) is 1.96. The average molecular weight is 273 g/mol. The highest BCUT2D eigenvalue weighted by atomic mass is 79.9. The van der Waals surface area contributed by atoms with E-state index in [2.05, 4.69) is 20.9 Å². The first kappa shape index (κ1) is 10.1. The Labute approximate surface area is 92.5 Å². The second kappa shape index (κ2) is 3.62. The van der Waals surface area contributed by atoms with Crippen LogP contribution in [0.3, 0.4) is 0 Å². The molecule has 0 fully saturated rings. The minimum absolute atomic E-state index is 0.240. The molecule has 0 bridgehead atoms. The average Bonchev–Trinajstić information content (AvgIpc) is 2.44. The van der Waals surface area contributed by atoms with Gasteiger partial charge in [-0.15, -0.1) is 0 Å². The number of rotatable bonds is 2. The van der Waals surface area contributed by atoms with Crippen LogP contribution in [-0.2, 0) is 11.2 Å². The van der Waals surface area contributed by atoms with Crippen LogP contribution < -0.4 is 0 Å². The van der Waals surface area contributed by atoms with Crippen LogP contribution in [0.1, 0.15) is 5.82 Å². The summed E-state index contributed by atoms with van der Waals surface area (Å²) in [4.78, 5) is 14.5. The van der Waals surface area contributed by atoms with Crippen molar-refractivity contribution in [2.24, 2.45) is 0 Å². The van der Waals surface area contributed by atoms with Gasteiger partial charge < -0.3 is 5.11 Å². The number of fused-ring (bicyclic) bond motifs is 1. The standard InChI is InChI=1S/C9H6BrFN2O2/c10-9-8-5(11)2-1-3-13(8)6(12-9)4-7(14)15/h1-3H,4H2,(H,14,15). The van der Waals surface area contributed by atoms with Gasteiger partial charge in [-0.2, -0.15) is 0 Å². The Morgan fingerprint density at radius 3 is 3.07 bits per heavy atom. The molecule has 0 saturated heterocycles. The Balaban J connectivity index is 2.68. The van der Waals surface area contributed by atoms with E-state index in [9.17, 15) is 9.18 Å². The predicted molar refractivity (Wildman–Crippen MR) is 54.2 cm³/mol. The number of pyridine rings is 1. The Morgan fingerprint density at radius 1 is 1.67 bits per heavy atom. The normalized spacial score (nSPS) is 10.8. The van der Waals surface area contributed by atoms with Crippen LogP contribution in [0.25, 0.3) is 5.52 Å². The third-order valence-electron chi connectivity index (χ3n) is 1.95. The number of imidazole rings is 1. The van der Waals surface area contributed by atoms with Crippen molar-refractivity contribution in [1.82, 2.24) is 9.38 Å². The number of carbonyl (C=O) groups is 1. The van der Waals surface area contributed by atoms with Crippen LogP contribution in [0.2, 0.25) is 0 Å². The monoisotopic (exact) mass is 272 g/mol. The molecule has 0 aromatic carbocycles. The molecule has 15 heavy (non-hydrogen) atoms. The van der Waals surface area contributed by atoms with Crippen LogP contribution >= 0.6 is 15.9 Å². The minimum atomic E-state index is -1.00. The summed E-state index contributed by atoms with van der Waals surface area (Å²) in [5, 5.41) is 8.64. The molecular formula is C9H6BrFN2O2. The lowest BCUT2D eigenvalue weighted by Gasteiger charge is -1.98. The van der Waals surface area contributed by atoms with E-state index in [4.69, 9.17) is 5.11 Å². The van der Waals surface area contributed by atoms with Gasteiger partial charge in [0.2, 0.25) is 0 Å². The van der Waals surface area contributed by atoms with Crippen LogP contribution in [-0.4, -0.2) is 20.5 Å². The molecule has 0 saturated carbocycles. The number of carboxylic acids is 1. The zero-order chi connectivity index (χ0) is 11.0. The first-order chi connectivity index (χ1) is 7.09. The quantitative estimate of drug-likeness (QED) is 0.908. The molecule has 2 aromatic heterocycles. The summed E-state index contributed by atoms with van der Waals surface area (Å²) in [6.07, 6.45) is 1.34. The third kappa shape index (κ3) is 1.72. The van der Waals surface area contributed by atoms with E-state index in [1.165, 1.54) is 16.5 Å². The molecule has 0 amide bonds. The van der Waals surface area contributed by atoms with Crippen molar-refractivity contribution in [1.29, 1.82) is 0 Å². The summed E-state index contributed by atoms with van der Waals surface area (Å²) in [5.74, 6) is -1.14. The van der Waals surface area contributed by atoms with Gasteiger partial charge in [0.15, 0.2) is 0 Å². The molecule has 0 aliphatic heterocycles. The smallest absolute Gasteiger partial charge is 0.311 e. The Kier molecular flexibility index (Phi) is 2.44. The zero-order valence-corrected chi connectivity index (χ0v) is 9.03. The van der Waals surface area contributed by atoms with Crippen LogP contribution in [0.15, 0.2) is 22.9 Å². The molecule has 0 unspecified atom stereocenters. The highest BCUT2D eigenvalue weighted by molar-refractivity contribution is 9.10. The fraction of sp³-hybridized carbons (Fsp3) is 0.111. The molecule has 78 valence electrons. The fourth-order valence-electron chi connectivity index (χ4n) is 1.38. The van der Waals surface area contributed by atoms with Crippen LogP contribution in [0.5, 0.6) is 0 Å². The maximum Gasteiger partial charge on any atom is 0.311 e. The first-order valence-corrected chi connectivity index (χ1v) is 4.91. The Morgan fingerprint density at radius 2 is 2.40 bits per heavy atom. The Hall–Kier alpha value is -1.43. The van der Waals surface area contributed by atoms with Gasteiger partial charge in [0.1, 0.15) is 28.2 Å². The molecule has 0 aliphatic rings. The van der Waals surface area contributed by atoms with Crippen molar-refractivity contribution >= 4 is 27.4 Å². The van der Waals surface area contributed by atoms with Crippen molar-refractivity contribution in [2.75, 3.05) is 0 Å². The molecule has 2 heterocycles. The largest absolute Gasteiger partial charge is 0.481 e. The maximum atomic E-state index is 13.4. The van der Waals surface area contributed by atoms with Crippen molar-refractivity contribution in [3.63, 3.8) is 0 Å². The molecule has 6 heteroatoms. The van der Waals surface area contributed by atoms with E-state index in [1.54, 1.807) is 6.20 Å². The summed E-state index contributed by atoms with van der Waals surface area (Å²) in [7, 11) is 0. The predicted octanol–water partition coefficient (Wildman–Crippen LogP) is 1.86.